The average Bonchev–Trinajstić information content (AvgIpc) is 2.95. The van der Waals surface area contributed by atoms with Crippen LogP contribution in [0, 0.1) is 13.8 Å². The van der Waals surface area contributed by atoms with Crippen LogP contribution in [-0.4, -0.2) is 36.6 Å². The lowest BCUT2D eigenvalue weighted by Crippen LogP contribution is -2.36. The van der Waals surface area contributed by atoms with E-state index in [0.717, 1.165) is 53.6 Å². The second kappa shape index (κ2) is 7.72. The third-order valence-corrected chi connectivity index (χ3v) is 6.20. The summed E-state index contributed by atoms with van der Waals surface area (Å²) in [6.07, 6.45) is 0.921. The molecule has 1 fully saturated rings. The number of carbonyl (C=O) groups is 1. The van der Waals surface area contributed by atoms with E-state index >= 15 is 0 Å². The van der Waals surface area contributed by atoms with E-state index in [4.69, 9.17) is 9.47 Å². The van der Waals surface area contributed by atoms with Crippen molar-refractivity contribution in [3.63, 3.8) is 0 Å². The number of benzene rings is 2. The normalized spacial score (nSPS) is 18.9. The first-order valence-corrected chi connectivity index (χ1v) is 10.3. The minimum atomic E-state index is -0.0214. The molecule has 1 unspecified atom stereocenters. The summed E-state index contributed by atoms with van der Waals surface area (Å²) in [7, 11) is 0. The highest BCUT2D eigenvalue weighted by Gasteiger charge is 2.24. The Hall–Kier alpha value is -2.34. The van der Waals surface area contributed by atoms with Crippen molar-refractivity contribution in [3.8, 4) is 11.5 Å². The average molecular weight is 385 g/mol. The zero-order valence-corrected chi connectivity index (χ0v) is 16.5. The minimum Gasteiger partial charge on any atom is -0.454 e. The van der Waals surface area contributed by atoms with Crippen molar-refractivity contribution in [1.82, 2.24) is 4.90 Å². The molecular formula is C21H24N2O3S. The van der Waals surface area contributed by atoms with Crippen LogP contribution in [0.4, 0.5) is 10.5 Å². The number of nitrogens with zero attached hydrogens (tertiary/aromatic N) is 1. The fraction of sp³-hybridized carbons (Fsp3) is 0.381. The van der Waals surface area contributed by atoms with Crippen LogP contribution in [0.5, 0.6) is 11.5 Å². The fourth-order valence-electron chi connectivity index (χ4n) is 3.60. The van der Waals surface area contributed by atoms with Crippen LogP contribution in [0.3, 0.4) is 0 Å². The number of carbonyl (C=O) groups excluding carboxylic acids is 1. The Balaban J connectivity index is 1.40. The molecule has 1 atom stereocenters. The number of hydrogen-bond donors (Lipinski definition) is 1. The molecule has 27 heavy (non-hydrogen) atoms. The van der Waals surface area contributed by atoms with Crippen LogP contribution < -0.4 is 14.8 Å². The Morgan fingerprint density at radius 3 is 2.67 bits per heavy atom. The predicted molar refractivity (Wildman–Crippen MR) is 109 cm³/mol. The van der Waals surface area contributed by atoms with E-state index in [0.29, 0.717) is 12.0 Å². The van der Waals surface area contributed by atoms with E-state index in [1.54, 1.807) is 0 Å². The molecule has 6 heteroatoms. The second-order valence-electron chi connectivity index (χ2n) is 7.05. The maximum absolute atomic E-state index is 12.7. The van der Waals surface area contributed by atoms with E-state index in [-0.39, 0.29) is 6.03 Å². The number of amides is 2. The summed E-state index contributed by atoms with van der Waals surface area (Å²) < 4.78 is 10.9. The Morgan fingerprint density at radius 2 is 1.85 bits per heavy atom. The summed E-state index contributed by atoms with van der Waals surface area (Å²) >= 11 is 1.90. The molecule has 1 saturated heterocycles. The van der Waals surface area contributed by atoms with Gasteiger partial charge in [-0.25, -0.2) is 4.79 Å². The van der Waals surface area contributed by atoms with E-state index < -0.39 is 0 Å². The van der Waals surface area contributed by atoms with Gasteiger partial charge in [0.2, 0.25) is 6.79 Å². The molecule has 2 heterocycles. The lowest BCUT2D eigenvalue weighted by atomic mass is 10.1. The number of thioether (sulfide) groups is 1. The molecule has 0 saturated carbocycles. The highest BCUT2D eigenvalue weighted by Crippen LogP contribution is 2.40. The molecule has 0 spiro atoms. The Morgan fingerprint density at radius 1 is 1.07 bits per heavy atom. The van der Waals surface area contributed by atoms with Gasteiger partial charge in [0.1, 0.15) is 0 Å². The molecular weight excluding hydrogens is 360 g/mol. The number of nitrogens with one attached hydrogen (secondary N) is 1. The molecule has 2 aromatic rings. The van der Waals surface area contributed by atoms with Crippen molar-refractivity contribution in [2.24, 2.45) is 0 Å². The standard InChI is InChI=1S/C21H24N2O3S/c1-14-9-15(2)11-17(10-14)22-21(24)23-6-5-20(27-8-7-23)16-3-4-18-19(12-16)26-13-25-18/h3-4,9-12,20H,5-8,13H2,1-2H3,(H,22,24). The van der Waals surface area contributed by atoms with Crippen LogP contribution in [0.2, 0.25) is 0 Å². The quantitative estimate of drug-likeness (QED) is 0.812. The summed E-state index contributed by atoms with van der Waals surface area (Å²) in [5, 5.41) is 3.41. The summed E-state index contributed by atoms with van der Waals surface area (Å²) in [4.78, 5) is 14.6. The van der Waals surface area contributed by atoms with Crippen LogP contribution >= 0.6 is 11.8 Å². The van der Waals surface area contributed by atoms with Crippen LogP contribution in [0.1, 0.15) is 28.4 Å². The molecule has 5 nitrogen and oxygen atoms in total. The van der Waals surface area contributed by atoms with E-state index in [2.05, 4.69) is 23.5 Å². The largest absolute Gasteiger partial charge is 0.454 e. The van der Waals surface area contributed by atoms with Gasteiger partial charge in [-0.15, -0.1) is 0 Å². The summed E-state index contributed by atoms with van der Waals surface area (Å²) in [5.41, 5.74) is 4.40. The van der Waals surface area contributed by atoms with Crippen molar-refractivity contribution >= 4 is 23.5 Å². The lowest BCUT2D eigenvalue weighted by Gasteiger charge is -2.21. The fourth-order valence-corrected chi connectivity index (χ4v) is 4.82. The highest BCUT2D eigenvalue weighted by molar-refractivity contribution is 7.99. The third kappa shape index (κ3) is 4.16. The first-order chi connectivity index (χ1) is 13.1. The van der Waals surface area contributed by atoms with Crippen molar-refractivity contribution in [2.45, 2.75) is 25.5 Å². The van der Waals surface area contributed by atoms with Gasteiger partial charge in [-0.05, 0) is 61.2 Å². The first kappa shape index (κ1) is 18.0. The Kier molecular flexibility index (Phi) is 5.16. The summed E-state index contributed by atoms with van der Waals surface area (Å²) in [5.74, 6) is 2.55. The molecule has 142 valence electrons. The number of fused-ring (bicyclic) bond motifs is 1. The summed E-state index contributed by atoms with van der Waals surface area (Å²) in [6.45, 7) is 5.87. The smallest absolute Gasteiger partial charge is 0.321 e. The van der Waals surface area contributed by atoms with E-state index in [9.17, 15) is 4.79 Å². The molecule has 0 radical (unpaired) electrons. The van der Waals surface area contributed by atoms with Gasteiger partial charge in [0.15, 0.2) is 11.5 Å². The van der Waals surface area contributed by atoms with Crippen molar-refractivity contribution < 1.29 is 14.3 Å². The molecule has 2 amide bonds. The monoisotopic (exact) mass is 384 g/mol. The topological polar surface area (TPSA) is 50.8 Å². The predicted octanol–water partition coefficient (Wildman–Crippen LogP) is 4.74. The SMILES string of the molecule is Cc1cc(C)cc(NC(=O)N2CCSC(c3ccc4c(c3)OCO4)CC2)c1. The van der Waals surface area contributed by atoms with Crippen LogP contribution in [-0.2, 0) is 0 Å². The van der Waals surface area contributed by atoms with Gasteiger partial charge < -0.3 is 19.7 Å². The number of aryl methyl sites for hydroxylation is 2. The van der Waals surface area contributed by atoms with Crippen LogP contribution in [0.15, 0.2) is 36.4 Å². The molecule has 0 aliphatic carbocycles. The second-order valence-corrected chi connectivity index (χ2v) is 8.37. The number of hydrogen-bond acceptors (Lipinski definition) is 4. The van der Waals surface area contributed by atoms with Gasteiger partial charge in [0, 0.05) is 29.8 Å². The van der Waals surface area contributed by atoms with Gasteiger partial charge in [-0.2, -0.15) is 11.8 Å². The zero-order chi connectivity index (χ0) is 18.8. The molecule has 1 N–H and O–H groups in total. The molecule has 2 aliphatic rings. The molecule has 2 aromatic carbocycles. The van der Waals surface area contributed by atoms with E-state index in [1.165, 1.54) is 5.56 Å². The lowest BCUT2D eigenvalue weighted by molar-refractivity contribution is 0.174. The van der Waals surface area contributed by atoms with Gasteiger partial charge >= 0.3 is 6.03 Å². The molecule has 0 aromatic heterocycles. The number of urea groups is 1. The highest BCUT2D eigenvalue weighted by atomic mass is 32.2. The number of ether oxygens (including phenoxy) is 2. The Bertz CT molecular complexity index is 835. The molecule has 2 aliphatic heterocycles. The van der Waals surface area contributed by atoms with Crippen molar-refractivity contribution in [1.29, 1.82) is 0 Å². The number of rotatable bonds is 2. The minimum absolute atomic E-state index is 0.0214. The zero-order valence-electron chi connectivity index (χ0n) is 15.7. The third-order valence-electron chi connectivity index (χ3n) is 4.87. The summed E-state index contributed by atoms with van der Waals surface area (Å²) in [6, 6.07) is 12.3. The molecule has 4 rings (SSSR count). The van der Waals surface area contributed by atoms with Gasteiger partial charge in [-0.3, -0.25) is 0 Å². The van der Waals surface area contributed by atoms with Gasteiger partial charge in [-0.1, -0.05) is 12.1 Å². The van der Waals surface area contributed by atoms with Gasteiger partial charge in [0.05, 0.1) is 0 Å². The first-order valence-electron chi connectivity index (χ1n) is 9.24. The van der Waals surface area contributed by atoms with Crippen molar-refractivity contribution in [3.05, 3.63) is 53.1 Å². The van der Waals surface area contributed by atoms with E-state index in [1.807, 2.05) is 48.7 Å². The Labute approximate surface area is 164 Å². The maximum Gasteiger partial charge on any atom is 0.321 e. The van der Waals surface area contributed by atoms with Crippen LogP contribution in [0.25, 0.3) is 0 Å². The number of anilines is 1. The molecule has 0 bridgehead atoms. The van der Waals surface area contributed by atoms with Gasteiger partial charge in [0.25, 0.3) is 0 Å². The van der Waals surface area contributed by atoms with Crippen molar-refractivity contribution in [2.75, 3.05) is 31.0 Å². The maximum atomic E-state index is 12.7.